The van der Waals surface area contributed by atoms with Gasteiger partial charge < -0.3 is 9.87 Å². The average Bonchev–Trinajstić information content (AvgIpc) is 3.13. The molecule has 142 valence electrons. The molecule has 0 bridgehead atoms. The second kappa shape index (κ2) is 8.18. The molecule has 2 aromatic carbocycles. The normalized spacial score (nSPS) is 11.7. The van der Waals surface area contributed by atoms with E-state index in [0.29, 0.717) is 22.5 Å². The van der Waals surface area contributed by atoms with Crippen LogP contribution in [0.15, 0.2) is 53.7 Å². The third-order valence-electron chi connectivity index (χ3n) is 3.77. The summed E-state index contributed by atoms with van der Waals surface area (Å²) in [6, 6.07) is 9.65. The molecule has 7 nitrogen and oxygen atoms in total. The average molecular weight is 401 g/mol. The van der Waals surface area contributed by atoms with Crippen LogP contribution in [0.3, 0.4) is 0 Å². The Morgan fingerprint density at radius 3 is 2.71 bits per heavy atom. The molecule has 0 aliphatic rings. The Morgan fingerprint density at radius 2 is 2.07 bits per heavy atom. The summed E-state index contributed by atoms with van der Waals surface area (Å²) < 4.78 is 39.5. The predicted molar refractivity (Wildman–Crippen MR) is 97.6 cm³/mol. The van der Waals surface area contributed by atoms with Crippen LogP contribution in [-0.4, -0.2) is 20.2 Å². The molecule has 28 heavy (non-hydrogen) atoms. The van der Waals surface area contributed by atoms with Gasteiger partial charge in [0.05, 0.1) is 29.5 Å². The fraction of sp³-hybridized carbons (Fsp3) is 0.0556. The van der Waals surface area contributed by atoms with Gasteiger partial charge in [-0.15, -0.1) is 5.14 Å². The molecule has 3 N–H and O–H groups in total. The fourth-order valence-electron chi connectivity index (χ4n) is 2.49. The Bertz CT molecular complexity index is 1080. The lowest BCUT2D eigenvalue weighted by Crippen LogP contribution is -2.18. The lowest BCUT2D eigenvalue weighted by molar-refractivity contribution is -0.115. The molecule has 10 heteroatoms. The van der Waals surface area contributed by atoms with Gasteiger partial charge in [-0.1, -0.05) is 6.07 Å². The lowest BCUT2D eigenvalue weighted by atomic mass is 10.1. The molecule has 1 unspecified atom stereocenters. The number of benzene rings is 2. The van der Waals surface area contributed by atoms with Crippen molar-refractivity contribution in [2.45, 2.75) is 11.3 Å². The molecule has 1 aromatic heterocycles. The van der Waals surface area contributed by atoms with Gasteiger partial charge in [-0.25, -0.2) is 13.5 Å². The van der Waals surface area contributed by atoms with Gasteiger partial charge in [0.2, 0.25) is 10.8 Å². The zero-order valence-electron chi connectivity index (χ0n) is 14.2. The number of halogens is 2. The number of aromatic nitrogens is 2. The highest BCUT2D eigenvalue weighted by molar-refractivity contribution is 7.89. The number of carbonyl (C=O) groups is 1. The summed E-state index contributed by atoms with van der Waals surface area (Å²) in [6.07, 6.45) is 2.62. The molecule has 0 spiro atoms. The van der Waals surface area contributed by atoms with E-state index in [1.165, 1.54) is 29.2 Å². The van der Waals surface area contributed by atoms with Crippen LogP contribution in [0.5, 0.6) is 0 Å². The SMILES string of the molecule is N#Cc1cnn(-c2ccc(NC(=O)Cc3ccc(F)c(F)c3)cc2[S+](N)[O-])c1. The van der Waals surface area contributed by atoms with E-state index in [0.717, 1.165) is 12.1 Å². The number of rotatable bonds is 5. The molecule has 0 radical (unpaired) electrons. The molecule has 0 saturated carbocycles. The Labute approximate surface area is 161 Å². The molecule has 1 amide bonds. The van der Waals surface area contributed by atoms with E-state index in [1.54, 1.807) is 12.1 Å². The number of hydrogen-bond donors (Lipinski definition) is 2. The molecular formula is C18H13F2N5O2S. The molecule has 1 heterocycles. The van der Waals surface area contributed by atoms with Gasteiger partial charge in [0.15, 0.2) is 11.6 Å². The van der Waals surface area contributed by atoms with Crippen LogP contribution in [0, 0.1) is 23.0 Å². The first kappa shape index (κ1) is 19.5. The number of amides is 1. The molecule has 1 atom stereocenters. The van der Waals surface area contributed by atoms with Gasteiger partial charge in [-0.05, 0) is 29.8 Å². The Kier molecular flexibility index (Phi) is 5.70. The Morgan fingerprint density at radius 1 is 1.29 bits per heavy atom. The summed E-state index contributed by atoms with van der Waals surface area (Å²) in [6.45, 7) is 0. The van der Waals surface area contributed by atoms with Gasteiger partial charge in [0.1, 0.15) is 11.8 Å². The van der Waals surface area contributed by atoms with Crippen LogP contribution in [0.4, 0.5) is 14.5 Å². The van der Waals surface area contributed by atoms with Crippen molar-refractivity contribution in [2.75, 3.05) is 5.32 Å². The Balaban J connectivity index is 1.80. The first-order valence-corrected chi connectivity index (χ1v) is 9.08. The van der Waals surface area contributed by atoms with E-state index in [-0.39, 0.29) is 11.3 Å². The van der Waals surface area contributed by atoms with Gasteiger partial charge in [0, 0.05) is 18.0 Å². The van der Waals surface area contributed by atoms with Gasteiger partial charge in [-0.2, -0.15) is 10.4 Å². The highest BCUT2D eigenvalue weighted by atomic mass is 32.2. The van der Waals surface area contributed by atoms with Crippen molar-refractivity contribution in [3.8, 4) is 11.8 Å². The minimum atomic E-state index is -1.89. The summed E-state index contributed by atoms with van der Waals surface area (Å²) in [7, 11) is 0. The van der Waals surface area contributed by atoms with E-state index in [1.807, 2.05) is 6.07 Å². The maximum atomic E-state index is 13.2. The number of nitrogens with two attached hydrogens (primary N) is 1. The second-order valence-electron chi connectivity index (χ2n) is 5.74. The van der Waals surface area contributed by atoms with Crippen molar-refractivity contribution in [1.29, 1.82) is 5.26 Å². The molecule has 3 aromatic rings. The predicted octanol–water partition coefficient (Wildman–Crippen LogP) is 2.18. The van der Waals surface area contributed by atoms with Crippen LogP contribution < -0.4 is 10.5 Å². The van der Waals surface area contributed by atoms with E-state index < -0.39 is 28.9 Å². The monoisotopic (exact) mass is 401 g/mol. The van der Waals surface area contributed by atoms with Crippen molar-refractivity contribution in [1.82, 2.24) is 9.78 Å². The first-order valence-electron chi connectivity index (χ1n) is 7.86. The first-order chi connectivity index (χ1) is 13.4. The van der Waals surface area contributed by atoms with E-state index >= 15 is 0 Å². The Hall–Kier alpha value is -3.26. The van der Waals surface area contributed by atoms with Crippen molar-refractivity contribution < 1.29 is 18.1 Å². The van der Waals surface area contributed by atoms with E-state index in [4.69, 9.17) is 10.4 Å². The molecule has 0 fully saturated rings. The summed E-state index contributed by atoms with van der Waals surface area (Å²) in [5.41, 5.74) is 1.33. The van der Waals surface area contributed by atoms with Crippen molar-refractivity contribution in [2.24, 2.45) is 5.14 Å². The maximum absolute atomic E-state index is 13.2. The zero-order chi connectivity index (χ0) is 20.3. The molecular weight excluding hydrogens is 388 g/mol. The number of nitrogens with zero attached hydrogens (tertiary/aromatic N) is 3. The zero-order valence-corrected chi connectivity index (χ0v) is 15.0. The summed E-state index contributed by atoms with van der Waals surface area (Å²) in [4.78, 5) is 12.4. The number of hydrogen-bond acceptors (Lipinski definition) is 5. The van der Waals surface area contributed by atoms with Crippen LogP contribution in [-0.2, 0) is 22.6 Å². The second-order valence-corrected chi connectivity index (χ2v) is 6.77. The standard InChI is InChI=1S/C18H13F2N5O2S/c19-14-3-1-11(5-15(14)20)6-18(26)24-13-2-4-16(17(7-13)28(22)27)25-10-12(8-21)9-23-25/h1-5,7,9-10H,6,22H2,(H,24,26). The van der Waals surface area contributed by atoms with Crippen molar-refractivity contribution in [3.63, 3.8) is 0 Å². The maximum Gasteiger partial charge on any atom is 0.228 e. The fourth-order valence-corrected chi connectivity index (χ4v) is 3.11. The minimum Gasteiger partial charge on any atom is -0.593 e. The number of anilines is 1. The molecule has 0 aliphatic carbocycles. The number of nitriles is 1. The van der Waals surface area contributed by atoms with Gasteiger partial charge in [-0.3, -0.25) is 4.79 Å². The molecule has 3 rings (SSSR count). The summed E-state index contributed by atoms with van der Waals surface area (Å²) in [5.74, 6) is -2.50. The minimum absolute atomic E-state index is 0.176. The summed E-state index contributed by atoms with van der Waals surface area (Å²) >= 11 is -1.89. The topological polar surface area (TPSA) is 120 Å². The van der Waals surface area contributed by atoms with E-state index in [9.17, 15) is 18.1 Å². The third-order valence-corrected chi connectivity index (χ3v) is 4.53. The van der Waals surface area contributed by atoms with Gasteiger partial charge in [0.25, 0.3) is 0 Å². The number of nitrogens with one attached hydrogen (secondary N) is 1. The number of carbonyl (C=O) groups excluding carboxylic acids is 1. The van der Waals surface area contributed by atoms with Crippen LogP contribution in [0.1, 0.15) is 11.1 Å². The van der Waals surface area contributed by atoms with E-state index in [2.05, 4.69) is 10.4 Å². The van der Waals surface area contributed by atoms with Crippen LogP contribution in [0.25, 0.3) is 5.69 Å². The summed E-state index contributed by atoms with van der Waals surface area (Å²) in [5, 5.41) is 21.0. The third kappa shape index (κ3) is 4.34. The highest BCUT2D eigenvalue weighted by Crippen LogP contribution is 2.23. The van der Waals surface area contributed by atoms with Gasteiger partial charge >= 0.3 is 0 Å². The quantitative estimate of drug-likeness (QED) is 0.635. The van der Waals surface area contributed by atoms with Crippen molar-refractivity contribution in [3.05, 3.63) is 71.6 Å². The smallest absolute Gasteiger partial charge is 0.228 e. The molecule has 0 aliphatic heterocycles. The van der Waals surface area contributed by atoms with Crippen molar-refractivity contribution >= 4 is 23.0 Å². The molecule has 0 saturated heterocycles. The highest BCUT2D eigenvalue weighted by Gasteiger charge is 2.18. The lowest BCUT2D eigenvalue weighted by Gasteiger charge is -2.12. The van der Waals surface area contributed by atoms with Crippen LogP contribution in [0.2, 0.25) is 0 Å². The largest absolute Gasteiger partial charge is 0.593 e. The van der Waals surface area contributed by atoms with Crippen LogP contribution >= 0.6 is 0 Å².